The molecular formula is C18H22FN5O2. The number of nitrogens with one attached hydrogen (secondary N) is 1. The van der Waals surface area contributed by atoms with Gasteiger partial charge in [0.25, 0.3) is 5.91 Å². The van der Waals surface area contributed by atoms with Gasteiger partial charge >= 0.3 is 0 Å². The van der Waals surface area contributed by atoms with E-state index in [1.807, 2.05) is 0 Å². The summed E-state index contributed by atoms with van der Waals surface area (Å²) in [7, 11) is 0. The van der Waals surface area contributed by atoms with E-state index in [9.17, 15) is 14.0 Å². The highest BCUT2D eigenvalue weighted by molar-refractivity contribution is 6.03. The second-order valence-electron chi connectivity index (χ2n) is 7.34. The predicted octanol–water partition coefficient (Wildman–Crippen LogP) is 2.25. The minimum Gasteiger partial charge on any atom is -0.377 e. The summed E-state index contributed by atoms with van der Waals surface area (Å²) in [6.45, 7) is 2.23. The van der Waals surface area contributed by atoms with Crippen molar-refractivity contribution in [1.82, 2.24) is 9.61 Å². The molecule has 1 saturated carbocycles. The molecule has 2 aromatic heterocycles. The lowest BCUT2D eigenvalue weighted by molar-refractivity contribution is -0.117. The van der Waals surface area contributed by atoms with Gasteiger partial charge in [-0.25, -0.2) is 8.91 Å². The molecule has 2 aliphatic rings. The van der Waals surface area contributed by atoms with Gasteiger partial charge in [-0.2, -0.15) is 5.10 Å². The van der Waals surface area contributed by atoms with Crippen molar-refractivity contribution in [1.29, 1.82) is 0 Å². The van der Waals surface area contributed by atoms with E-state index in [4.69, 9.17) is 5.73 Å². The van der Waals surface area contributed by atoms with Crippen LogP contribution in [0.1, 0.15) is 49.4 Å². The third-order valence-corrected chi connectivity index (χ3v) is 5.48. The van der Waals surface area contributed by atoms with Crippen LogP contribution in [0.25, 0.3) is 5.52 Å². The SMILES string of the molecule is CC1(F)CCCC1Nc1c(C(N)=O)cnn2cc(N3CCCC3=O)cc12. The number of amides is 2. The Kier molecular flexibility index (Phi) is 3.86. The fraction of sp³-hybridized carbons (Fsp3) is 0.500. The summed E-state index contributed by atoms with van der Waals surface area (Å²) in [4.78, 5) is 25.6. The van der Waals surface area contributed by atoms with Crippen molar-refractivity contribution in [2.24, 2.45) is 5.73 Å². The quantitative estimate of drug-likeness (QED) is 0.876. The molecule has 3 N–H and O–H groups in total. The van der Waals surface area contributed by atoms with E-state index in [0.29, 0.717) is 37.0 Å². The number of halogens is 1. The molecule has 3 heterocycles. The van der Waals surface area contributed by atoms with Crippen LogP contribution < -0.4 is 16.0 Å². The maximum Gasteiger partial charge on any atom is 0.252 e. The number of carbonyl (C=O) groups excluding carboxylic acids is 2. The van der Waals surface area contributed by atoms with Crippen molar-refractivity contribution in [2.75, 3.05) is 16.8 Å². The molecule has 2 fully saturated rings. The van der Waals surface area contributed by atoms with E-state index in [0.717, 1.165) is 18.5 Å². The van der Waals surface area contributed by atoms with Crippen LogP contribution in [-0.2, 0) is 4.79 Å². The molecule has 2 aromatic rings. The lowest BCUT2D eigenvalue weighted by Crippen LogP contribution is -2.36. The second kappa shape index (κ2) is 5.96. The van der Waals surface area contributed by atoms with Crippen LogP contribution in [0.3, 0.4) is 0 Å². The fourth-order valence-corrected chi connectivity index (χ4v) is 3.97. The zero-order valence-electron chi connectivity index (χ0n) is 14.7. The highest BCUT2D eigenvalue weighted by Crippen LogP contribution is 2.37. The van der Waals surface area contributed by atoms with Gasteiger partial charge in [-0.05, 0) is 38.7 Å². The molecule has 8 heteroatoms. The van der Waals surface area contributed by atoms with Crippen LogP contribution in [0, 0.1) is 0 Å². The van der Waals surface area contributed by atoms with Gasteiger partial charge in [-0.3, -0.25) is 9.59 Å². The van der Waals surface area contributed by atoms with Crippen molar-refractivity contribution in [2.45, 2.75) is 50.7 Å². The Bertz CT molecular complexity index is 891. The molecule has 26 heavy (non-hydrogen) atoms. The predicted molar refractivity (Wildman–Crippen MR) is 96.1 cm³/mol. The van der Waals surface area contributed by atoms with Gasteiger partial charge in [0, 0.05) is 13.0 Å². The minimum atomic E-state index is -1.35. The number of alkyl halides is 1. The van der Waals surface area contributed by atoms with Gasteiger partial charge in [0.1, 0.15) is 5.67 Å². The normalized spacial score (nSPS) is 26.0. The molecule has 138 valence electrons. The van der Waals surface area contributed by atoms with Crippen molar-refractivity contribution in [3.8, 4) is 0 Å². The minimum absolute atomic E-state index is 0.0673. The summed E-state index contributed by atoms with van der Waals surface area (Å²) in [6, 6.07) is 1.40. The van der Waals surface area contributed by atoms with E-state index >= 15 is 0 Å². The first kappa shape index (κ1) is 16.8. The molecule has 4 rings (SSSR count). The molecule has 0 radical (unpaired) electrons. The van der Waals surface area contributed by atoms with Crippen molar-refractivity contribution >= 4 is 28.7 Å². The van der Waals surface area contributed by atoms with Gasteiger partial charge in [-0.15, -0.1) is 0 Å². The van der Waals surface area contributed by atoms with E-state index in [1.54, 1.807) is 28.6 Å². The number of carbonyl (C=O) groups is 2. The standard InChI is InChI=1S/C18H22FN5O2/c1-18(19)6-2-4-14(18)22-16-12(17(20)26)9-21-24-10-11(8-13(16)24)23-7-3-5-15(23)25/h8-10,14,22H,2-7H2,1H3,(H2,20,26). The maximum atomic E-state index is 14.7. The lowest BCUT2D eigenvalue weighted by Gasteiger charge is -2.26. The van der Waals surface area contributed by atoms with Crippen LogP contribution in [-0.4, -0.2) is 39.7 Å². The Morgan fingerprint density at radius 2 is 2.27 bits per heavy atom. The number of hydrogen-bond acceptors (Lipinski definition) is 4. The zero-order valence-corrected chi connectivity index (χ0v) is 14.7. The van der Waals surface area contributed by atoms with E-state index < -0.39 is 17.6 Å². The molecule has 2 amide bonds. The summed E-state index contributed by atoms with van der Waals surface area (Å²) < 4.78 is 16.3. The molecule has 7 nitrogen and oxygen atoms in total. The van der Waals surface area contributed by atoms with Crippen molar-refractivity contribution in [3.63, 3.8) is 0 Å². The van der Waals surface area contributed by atoms with E-state index in [-0.39, 0.29) is 11.5 Å². The maximum absolute atomic E-state index is 14.7. The molecule has 0 bridgehead atoms. The number of rotatable bonds is 4. The molecule has 1 aliphatic carbocycles. The number of primary amides is 1. The van der Waals surface area contributed by atoms with Gasteiger partial charge in [-0.1, -0.05) is 0 Å². The fourth-order valence-electron chi connectivity index (χ4n) is 3.97. The second-order valence-corrected chi connectivity index (χ2v) is 7.34. The number of anilines is 2. The average molecular weight is 359 g/mol. The van der Waals surface area contributed by atoms with Gasteiger partial charge in [0.2, 0.25) is 5.91 Å². The van der Waals surface area contributed by atoms with Gasteiger partial charge < -0.3 is 16.0 Å². The van der Waals surface area contributed by atoms with Crippen LogP contribution >= 0.6 is 0 Å². The molecular weight excluding hydrogens is 337 g/mol. The van der Waals surface area contributed by atoms with Crippen LogP contribution in [0.5, 0.6) is 0 Å². The Morgan fingerprint density at radius 1 is 1.46 bits per heavy atom. The zero-order chi connectivity index (χ0) is 18.5. The van der Waals surface area contributed by atoms with Crippen LogP contribution in [0.4, 0.5) is 15.8 Å². The first-order chi connectivity index (χ1) is 12.4. The number of aromatic nitrogens is 2. The summed E-state index contributed by atoms with van der Waals surface area (Å²) >= 11 is 0. The highest BCUT2D eigenvalue weighted by Gasteiger charge is 2.39. The number of nitrogens with two attached hydrogens (primary N) is 1. The lowest BCUT2D eigenvalue weighted by atomic mass is 10.0. The van der Waals surface area contributed by atoms with E-state index in [2.05, 4.69) is 10.4 Å². The first-order valence-corrected chi connectivity index (χ1v) is 8.94. The third-order valence-electron chi connectivity index (χ3n) is 5.48. The Balaban J connectivity index is 1.80. The summed E-state index contributed by atoms with van der Waals surface area (Å²) in [5.74, 6) is -0.557. The van der Waals surface area contributed by atoms with E-state index in [1.165, 1.54) is 6.20 Å². The molecule has 1 aliphatic heterocycles. The third kappa shape index (κ3) is 2.69. The summed E-state index contributed by atoms with van der Waals surface area (Å²) in [5, 5.41) is 7.43. The molecule has 0 aromatic carbocycles. The summed E-state index contributed by atoms with van der Waals surface area (Å²) in [6.07, 6.45) is 6.42. The molecule has 1 saturated heterocycles. The topological polar surface area (TPSA) is 92.7 Å². The first-order valence-electron chi connectivity index (χ1n) is 8.94. The number of fused-ring (bicyclic) bond motifs is 1. The highest BCUT2D eigenvalue weighted by atomic mass is 19.1. The monoisotopic (exact) mass is 359 g/mol. The smallest absolute Gasteiger partial charge is 0.252 e. The Morgan fingerprint density at radius 3 is 2.88 bits per heavy atom. The molecule has 2 unspecified atom stereocenters. The molecule has 2 atom stereocenters. The van der Waals surface area contributed by atoms with Crippen LogP contribution in [0.2, 0.25) is 0 Å². The van der Waals surface area contributed by atoms with Crippen molar-refractivity contribution < 1.29 is 14.0 Å². The largest absolute Gasteiger partial charge is 0.377 e. The number of hydrogen-bond donors (Lipinski definition) is 2. The van der Waals surface area contributed by atoms with Crippen LogP contribution in [0.15, 0.2) is 18.5 Å². The van der Waals surface area contributed by atoms with Gasteiger partial charge in [0.05, 0.1) is 40.9 Å². The average Bonchev–Trinajstić information content (AvgIpc) is 3.26. The Labute approximate surface area is 150 Å². The summed E-state index contributed by atoms with van der Waals surface area (Å²) in [5.41, 5.74) is 6.18. The molecule has 0 spiro atoms. The Hall–Kier alpha value is -2.64. The van der Waals surface area contributed by atoms with Gasteiger partial charge in [0.15, 0.2) is 0 Å². The van der Waals surface area contributed by atoms with Crippen molar-refractivity contribution in [3.05, 3.63) is 24.0 Å². The number of nitrogens with zero attached hydrogens (tertiary/aromatic N) is 3.